The monoisotopic (exact) mass is 273 g/mol. The Kier molecular flexibility index (Phi) is 9.13. The van der Waals surface area contributed by atoms with E-state index in [1.807, 2.05) is 0 Å². The van der Waals surface area contributed by atoms with E-state index in [-0.39, 0.29) is 12.9 Å². The number of nitrogens with two attached hydrogens (primary N) is 1. The lowest BCUT2D eigenvalue weighted by Crippen LogP contribution is -2.27. The number of amides is 1. The molecule has 0 spiro atoms. The fourth-order valence-electron chi connectivity index (χ4n) is 1.21. The van der Waals surface area contributed by atoms with Gasteiger partial charge >= 0.3 is 6.09 Å². The van der Waals surface area contributed by atoms with Gasteiger partial charge in [-0.2, -0.15) is 0 Å². The molecular weight excluding hydrogens is 249 g/mol. The van der Waals surface area contributed by atoms with Gasteiger partial charge in [0.1, 0.15) is 6.10 Å². The van der Waals surface area contributed by atoms with E-state index < -0.39 is 20.5 Å². The molecule has 0 rings (SSSR count). The molecule has 0 heterocycles. The standard InChI is InChI=1S/C11H24BNO4Si/c1-18(2,3)16-7-5-4-6-15-9-10(8-12)17-11(13)14/h10H,4-9H2,1-3H3,(H2,13,14)/t10-/m0/s1. The van der Waals surface area contributed by atoms with Crippen molar-refractivity contribution in [3.63, 3.8) is 0 Å². The zero-order chi connectivity index (χ0) is 14.0. The first kappa shape index (κ1) is 17.5. The Morgan fingerprint density at radius 2 is 1.89 bits per heavy atom. The van der Waals surface area contributed by atoms with E-state index in [4.69, 9.17) is 27.5 Å². The van der Waals surface area contributed by atoms with E-state index in [9.17, 15) is 4.79 Å². The van der Waals surface area contributed by atoms with E-state index >= 15 is 0 Å². The van der Waals surface area contributed by atoms with Crippen molar-refractivity contribution in [3.05, 3.63) is 0 Å². The minimum atomic E-state index is -1.40. The second kappa shape index (κ2) is 9.41. The summed E-state index contributed by atoms with van der Waals surface area (Å²) in [6.45, 7) is 8.16. The first-order valence-corrected chi connectivity index (χ1v) is 9.64. The third-order valence-corrected chi connectivity index (χ3v) is 3.14. The molecule has 0 saturated heterocycles. The summed E-state index contributed by atoms with van der Waals surface area (Å²) < 4.78 is 15.8. The molecule has 104 valence electrons. The van der Waals surface area contributed by atoms with Crippen LogP contribution in [0, 0.1) is 0 Å². The van der Waals surface area contributed by atoms with Gasteiger partial charge in [0.15, 0.2) is 8.32 Å². The van der Waals surface area contributed by atoms with Crippen molar-refractivity contribution in [1.82, 2.24) is 0 Å². The summed E-state index contributed by atoms with van der Waals surface area (Å²) in [4.78, 5) is 10.5. The summed E-state index contributed by atoms with van der Waals surface area (Å²) in [6.07, 6.45) is 0.812. The molecule has 0 aliphatic carbocycles. The predicted octanol–water partition coefficient (Wildman–Crippen LogP) is 1.69. The van der Waals surface area contributed by atoms with Gasteiger partial charge in [-0.25, -0.2) is 4.79 Å². The average Bonchev–Trinajstić information content (AvgIpc) is 2.24. The van der Waals surface area contributed by atoms with E-state index in [1.54, 1.807) is 0 Å². The Bertz CT molecular complexity index is 236. The molecule has 1 amide bonds. The quantitative estimate of drug-likeness (QED) is 0.485. The van der Waals surface area contributed by atoms with Gasteiger partial charge in [-0.15, -0.1) is 0 Å². The molecule has 18 heavy (non-hydrogen) atoms. The molecule has 0 bridgehead atoms. The number of primary amides is 1. The maximum absolute atomic E-state index is 10.5. The zero-order valence-electron chi connectivity index (χ0n) is 11.6. The zero-order valence-corrected chi connectivity index (χ0v) is 12.6. The molecule has 5 nitrogen and oxygen atoms in total. The van der Waals surface area contributed by atoms with Gasteiger partial charge in [-0.1, -0.05) is 0 Å². The van der Waals surface area contributed by atoms with Crippen molar-refractivity contribution in [3.8, 4) is 0 Å². The van der Waals surface area contributed by atoms with Crippen LogP contribution in [0.3, 0.4) is 0 Å². The minimum Gasteiger partial charge on any atom is -0.445 e. The Hall–Kier alpha value is -0.528. The molecule has 0 aliphatic rings. The van der Waals surface area contributed by atoms with Crippen LogP contribution in [-0.2, 0) is 13.9 Å². The van der Waals surface area contributed by atoms with Crippen molar-refractivity contribution < 1.29 is 18.7 Å². The van der Waals surface area contributed by atoms with Crippen LogP contribution >= 0.6 is 0 Å². The summed E-state index contributed by atoms with van der Waals surface area (Å²) in [5.74, 6) is 0. The maximum Gasteiger partial charge on any atom is 0.404 e. The second-order valence-electron chi connectivity index (χ2n) is 5.04. The van der Waals surface area contributed by atoms with Gasteiger partial charge in [-0.3, -0.25) is 0 Å². The third kappa shape index (κ3) is 11.9. The lowest BCUT2D eigenvalue weighted by atomic mass is 10.00. The Labute approximate surface area is 112 Å². The molecule has 1 atom stereocenters. The van der Waals surface area contributed by atoms with Crippen LogP contribution in [0.15, 0.2) is 0 Å². The molecule has 0 fully saturated rings. The highest BCUT2D eigenvalue weighted by atomic mass is 28.4. The van der Waals surface area contributed by atoms with Crippen molar-refractivity contribution in [2.75, 3.05) is 19.8 Å². The summed E-state index contributed by atoms with van der Waals surface area (Å²) in [6, 6.07) is 0. The topological polar surface area (TPSA) is 70.8 Å². The van der Waals surface area contributed by atoms with E-state index in [1.165, 1.54) is 0 Å². The highest BCUT2D eigenvalue weighted by Gasteiger charge is 2.13. The molecule has 0 aromatic carbocycles. The SMILES string of the molecule is [B]C[C@@H](COCCCCO[Si](C)(C)C)OC(N)=O. The third-order valence-electron chi connectivity index (χ3n) is 2.07. The lowest BCUT2D eigenvalue weighted by Gasteiger charge is -2.17. The Balaban J connectivity index is 3.41. The Morgan fingerprint density at radius 3 is 2.39 bits per heavy atom. The van der Waals surface area contributed by atoms with Crippen LogP contribution in [0.4, 0.5) is 4.79 Å². The van der Waals surface area contributed by atoms with Gasteiger partial charge < -0.3 is 19.6 Å². The van der Waals surface area contributed by atoms with Crippen LogP contribution in [0.1, 0.15) is 12.8 Å². The van der Waals surface area contributed by atoms with Crippen LogP contribution in [-0.4, -0.2) is 48.2 Å². The largest absolute Gasteiger partial charge is 0.445 e. The average molecular weight is 273 g/mol. The molecule has 7 heteroatoms. The fraction of sp³-hybridized carbons (Fsp3) is 0.909. The molecule has 2 radical (unpaired) electrons. The number of ether oxygens (including phenoxy) is 2. The van der Waals surface area contributed by atoms with Crippen LogP contribution in [0.25, 0.3) is 0 Å². The number of rotatable bonds is 10. The molecule has 0 saturated carbocycles. The fourth-order valence-corrected chi connectivity index (χ4v) is 1.97. The van der Waals surface area contributed by atoms with E-state index in [0.717, 1.165) is 19.4 Å². The summed E-state index contributed by atoms with van der Waals surface area (Å²) >= 11 is 0. The van der Waals surface area contributed by atoms with Gasteiger partial charge in [0.2, 0.25) is 0 Å². The highest BCUT2D eigenvalue weighted by Crippen LogP contribution is 2.04. The second-order valence-corrected chi connectivity index (χ2v) is 9.55. The van der Waals surface area contributed by atoms with Gasteiger partial charge in [0.25, 0.3) is 0 Å². The van der Waals surface area contributed by atoms with Gasteiger partial charge in [0.05, 0.1) is 14.5 Å². The van der Waals surface area contributed by atoms with Gasteiger partial charge in [0, 0.05) is 13.2 Å². The van der Waals surface area contributed by atoms with Crippen molar-refractivity contribution in [2.24, 2.45) is 5.73 Å². The van der Waals surface area contributed by atoms with Crippen LogP contribution in [0.5, 0.6) is 0 Å². The smallest absolute Gasteiger partial charge is 0.404 e. The van der Waals surface area contributed by atoms with E-state index in [2.05, 4.69) is 19.6 Å². The van der Waals surface area contributed by atoms with E-state index in [0.29, 0.717) is 6.61 Å². The van der Waals surface area contributed by atoms with Crippen LogP contribution in [0.2, 0.25) is 26.0 Å². The first-order chi connectivity index (χ1) is 8.35. The van der Waals surface area contributed by atoms with Crippen molar-refractivity contribution in [1.29, 1.82) is 0 Å². The molecular formula is C11H24BNO4Si. The summed E-state index contributed by atoms with van der Waals surface area (Å²) in [5, 5.41) is 0. The van der Waals surface area contributed by atoms with Crippen molar-refractivity contribution >= 4 is 22.3 Å². The number of hydrogen-bond donors (Lipinski definition) is 1. The molecule has 2 N–H and O–H groups in total. The predicted molar refractivity (Wildman–Crippen MR) is 74.4 cm³/mol. The van der Waals surface area contributed by atoms with Crippen molar-refractivity contribution in [2.45, 2.75) is 44.9 Å². The number of carbonyl (C=O) groups is 1. The maximum atomic E-state index is 10.5. The summed E-state index contributed by atoms with van der Waals surface area (Å²) in [5.41, 5.74) is 4.89. The van der Waals surface area contributed by atoms with Crippen LogP contribution < -0.4 is 5.73 Å². The molecule has 0 unspecified atom stereocenters. The minimum absolute atomic E-state index is 0.210. The lowest BCUT2D eigenvalue weighted by molar-refractivity contribution is 0.0305. The van der Waals surface area contributed by atoms with Gasteiger partial charge in [-0.05, 0) is 38.8 Å². The molecule has 0 aliphatic heterocycles. The Morgan fingerprint density at radius 1 is 1.28 bits per heavy atom. The number of carbonyl (C=O) groups excluding carboxylic acids is 1. The number of unbranched alkanes of at least 4 members (excludes halogenated alkanes) is 1. The normalized spacial score (nSPS) is 13.3. The summed E-state index contributed by atoms with van der Waals surface area (Å²) in [7, 11) is 4.01. The molecule has 0 aromatic rings. The molecule has 0 aromatic heterocycles. The first-order valence-electron chi connectivity index (χ1n) is 6.23. The highest BCUT2D eigenvalue weighted by molar-refractivity contribution is 6.69. The number of hydrogen-bond acceptors (Lipinski definition) is 4.